The van der Waals surface area contributed by atoms with Gasteiger partial charge < -0.3 is 9.67 Å². The van der Waals surface area contributed by atoms with E-state index in [0.717, 1.165) is 6.20 Å². The monoisotopic (exact) mass is 457 g/mol. The Morgan fingerprint density at radius 2 is 1.61 bits per heavy atom. The van der Waals surface area contributed by atoms with Gasteiger partial charge >= 0.3 is 6.18 Å². The van der Waals surface area contributed by atoms with Gasteiger partial charge in [0.15, 0.2) is 5.60 Å². The molecular formula is C18H11Cl3F5NO. The van der Waals surface area contributed by atoms with E-state index in [1.807, 2.05) is 0 Å². The second-order valence-corrected chi connectivity index (χ2v) is 7.16. The van der Waals surface area contributed by atoms with Crippen molar-refractivity contribution in [2.45, 2.75) is 18.2 Å². The summed E-state index contributed by atoms with van der Waals surface area (Å²) in [6, 6.07) is 7.55. The van der Waals surface area contributed by atoms with Crippen molar-refractivity contribution in [1.29, 1.82) is 0 Å². The maximum atomic E-state index is 13.5. The Morgan fingerprint density at radius 1 is 1.04 bits per heavy atom. The summed E-state index contributed by atoms with van der Waals surface area (Å²) in [6.07, 6.45) is -6.72. The Kier molecular flexibility index (Phi) is 5.57. The van der Waals surface area contributed by atoms with Crippen molar-refractivity contribution >= 4 is 45.7 Å². The number of hydrogen-bond acceptors (Lipinski definition) is 1. The van der Waals surface area contributed by atoms with Gasteiger partial charge in [-0.05, 0) is 18.2 Å². The summed E-state index contributed by atoms with van der Waals surface area (Å²) in [6.45, 7) is 0. The van der Waals surface area contributed by atoms with Gasteiger partial charge in [0.25, 0.3) is 6.43 Å². The maximum absolute atomic E-state index is 13.5. The lowest BCUT2D eigenvalue weighted by Gasteiger charge is -2.24. The first kappa shape index (κ1) is 21.2. The van der Waals surface area contributed by atoms with Crippen LogP contribution in [0.1, 0.15) is 11.1 Å². The van der Waals surface area contributed by atoms with Gasteiger partial charge in [-0.1, -0.05) is 41.4 Å². The molecule has 3 rings (SSSR count). The second-order valence-electron chi connectivity index (χ2n) is 6.07. The van der Waals surface area contributed by atoms with Gasteiger partial charge in [0, 0.05) is 17.1 Å². The van der Waals surface area contributed by atoms with Crippen molar-refractivity contribution in [2.24, 2.45) is 0 Å². The fourth-order valence-corrected chi connectivity index (χ4v) is 3.85. The molecule has 0 bridgehead atoms. The molecule has 0 amide bonds. The van der Waals surface area contributed by atoms with Crippen LogP contribution in [0, 0.1) is 0 Å². The van der Waals surface area contributed by atoms with Crippen LogP contribution in [0.15, 0.2) is 42.6 Å². The number of hydrogen-bond donors (Lipinski definition) is 1. The molecule has 0 fully saturated rings. The molecular weight excluding hydrogens is 448 g/mol. The molecule has 0 spiro atoms. The molecule has 1 aromatic heterocycles. The van der Waals surface area contributed by atoms with Crippen LogP contribution in [-0.2, 0) is 11.8 Å². The average Bonchev–Trinajstić information content (AvgIpc) is 2.99. The molecule has 0 saturated heterocycles. The zero-order valence-electron chi connectivity index (χ0n) is 13.7. The first-order chi connectivity index (χ1) is 13.0. The number of fused-ring (bicyclic) bond motifs is 1. The Hall–Kier alpha value is -1.54. The summed E-state index contributed by atoms with van der Waals surface area (Å²) in [5.74, 6) is -0.798. The van der Waals surface area contributed by atoms with E-state index in [2.05, 4.69) is 0 Å². The van der Waals surface area contributed by atoms with Gasteiger partial charge in [0.05, 0.1) is 32.7 Å². The topological polar surface area (TPSA) is 25.2 Å². The van der Waals surface area contributed by atoms with Crippen LogP contribution in [-0.4, -0.2) is 22.0 Å². The molecule has 2 aromatic carbocycles. The van der Waals surface area contributed by atoms with Crippen LogP contribution < -0.4 is 0 Å². The lowest BCUT2D eigenvalue weighted by molar-refractivity contribution is -0.137. The number of rotatable bonds is 4. The fraction of sp³-hybridized carbons (Fsp3) is 0.222. The molecule has 150 valence electrons. The summed E-state index contributed by atoms with van der Waals surface area (Å²) in [5, 5.41) is 9.97. The molecule has 0 aliphatic heterocycles. The minimum absolute atomic E-state index is 0.0371. The van der Waals surface area contributed by atoms with Crippen molar-refractivity contribution in [2.75, 3.05) is 5.88 Å². The van der Waals surface area contributed by atoms with Crippen molar-refractivity contribution < 1.29 is 27.1 Å². The number of aromatic nitrogens is 1. The van der Waals surface area contributed by atoms with E-state index < -0.39 is 29.6 Å². The van der Waals surface area contributed by atoms with E-state index in [1.165, 1.54) is 16.7 Å². The van der Waals surface area contributed by atoms with Gasteiger partial charge in [0.1, 0.15) is 0 Å². The Labute approximate surface area is 171 Å². The zero-order chi connectivity index (χ0) is 20.9. The molecule has 10 heteroatoms. The van der Waals surface area contributed by atoms with Crippen molar-refractivity contribution in [3.8, 4) is 5.69 Å². The van der Waals surface area contributed by atoms with E-state index in [-0.39, 0.29) is 26.7 Å². The quantitative estimate of drug-likeness (QED) is 0.344. The lowest BCUT2D eigenvalue weighted by atomic mass is 9.96. The van der Waals surface area contributed by atoms with E-state index in [9.17, 15) is 27.1 Å². The summed E-state index contributed by atoms with van der Waals surface area (Å²) >= 11 is 17.7. The number of benzene rings is 2. The number of nitrogens with zero attached hydrogens (tertiary/aromatic N) is 1. The van der Waals surface area contributed by atoms with Crippen LogP contribution in [0.3, 0.4) is 0 Å². The van der Waals surface area contributed by atoms with Crippen molar-refractivity contribution in [3.63, 3.8) is 0 Å². The average molecular weight is 459 g/mol. The van der Waals surface area contributed by atoms with Crippen LogP contribution >= 0.6 is 34.8 Å². The molecule has 2 nitrogen and oxygen atoms in total. The molecule has 1 heterocycles. The standard InChI is InChI=1S/C18H11Cl3F5NO/c19-8-17(28,16(22)23)11-7-27(14-4-2-1-3-10(11)14)15-12(20)5-9(6-13(15)21)18(24,25)26/h1-7,16,28H,8H2. The Bertz CT molecular complexity index is 1010. The first-order valence-electron chi connectivity index (χ1n) is 7.74. The van der Waals surface area contributed by atoms with E-state index in [0.29, 0.717) is 17.6 Å². The van der Waals surface area contributed by atoms with Crippen molar-refractivity contribution in [1.82, 2.24) is 4.57 Å². The highest BCUT2D eigenvalue weighted by molar-refractivity contribution is 6.38. The summed E-state index contributed by atoms with van der Waals surface area (Å²) in [5.41, 5.74) is -3.64. The van der Waals surface area contributed by atoms with Crippen LogP contribution in [0.2, 0.25) is 10.0 Å². The SMILES string of the molecule is OC(CCl)(c1cn(-c2c(Cl)cc(C(F)(F)F)cc2Cl)c2ccccc12)C(F)F. The van der Waals surface area contributed by atoms with Crippen LogP contribution in [0.5, 0.6) is 0 Å². The first-order valence-corrected chi connectivity index (χ1v) is 9.03. The van der Waals surface area contributed by atoms with Crippen LogP contribution in [0.4, 0.5) is 22.0 Å². The fourth-order valence-electron chi connectivity index (χ4n) is 2.92. The summed E-state index contributed by atoms with van der Waals surface area (Å²) in [4.78, 5) is 0. The second kappa shape index (κ2) is 7.37. The number of aliphatic hydroxyl groups is 1. The third-order valence-corrected chi connectivity index (χ3v) is 5.31. The molecule has 3 aromatic rings. The third-order valence-electron chi connectivity index (χ3n) is 4.33. The highest BCUT2D eigenvalue weighted by atomic mass is 35.5. The normalized spacial score (nSPS) is 14.6. The molecule has 0 aliphatic rings. The Balaban J connectivity index is 2.32. The molecule has 0 aliphatic carbocycles. The maximum Gasteiger partial charge on any atom is 0.416 e. The van der Waals surface area contributed by atoms with Gasteiger partial charge in [-0.2, -0.15) is 13.2 Å². The molecule has 1 N–H and O–H groups in total. The third kappa shape index (κ3) is 3.45. The van der Waals surface area contributed by atoms with Crippen molar-refractivity contribution in [3.05, 3.63) is 63.8 Å². The zero-order valence-corrected chi connectivity index (χ0v) is 16.0. The molecule has 1 unspecified atom stereocenters. The molecule has 0 saturated carbocycles. The van der Waals surface area contributed by atoms with Gasteiger partial charge in [-0.25, -0.2) is 8.78 Å². The number of alkyl halides is 6. The minimum Gasteiger partial charge on any atom is -0.378 e. The van der Waals surface area contributed by atoms with Gasteiger partial charge in [0.2, 0.25) is 0 Å². The predicted octanol–water partition coefficient (Wildman–Crippen LogP) is 6.65. The summed E-state index contributed by atoms with van der Waals surface area (Å²) in [7, 11) is 0. The predicted molar refractivity (Wildman–Crippen MR) is 98.9 cm³/mol. The van der Waals surface area contributed by atoms with Gasteiger partial charge in [-0.3, -0.25) is 0 Å². The summed E-state index contributed by atoms with van der Waals surface area (Å²) < 4.78 is 67.2. The molecule has 1 atom stereocenters. The van der Waals surface area contributed by atoms with E-state index in [4.69, 9.17) is 34.8 Å². The largest absolute Gasteiger partial charge is 0.416 e. The van der Waals surface area contributed by atoms with Crippen LogP contribution in [0.25, 0.3) is 16.6 Å². The molecule has 0 radical (unpaired) electrons. The van der Waals surface area contributed by atoms with Gasteiger partial charge in [-0.15, -0.1) is 11.6 Å². The minimum atomic E-state index is -4.66. The highest BCUT2D eigenvalue weighted by Gasteiger charge is 2.41. The number of para-hydroxylation sites is 1. The number of halogens is 8. The smallest absolute Gasteiger partial charge is 0.378 e. The highest BCUT2D eigenvalue weighted by Crippen LogP contribution is 2.42. The Morgan fingerprint density at radius 3 is 2.11 bits per heavy atom. The van der Waals surface area contributed by atoms with E-state index in [1.54, 1.807) is 12.1 Å². The molecule has 28 heavy (non-hydrogen) atoms. The lowest BCUT2D eigenvalue weighted by Crippen LogP contribution is -2.36. The van der Waals surface area contributed by atoms with E-state index >= 15 is 0 Å².